The molecule has 1 fully saturated rings. The molecule has 0 aromatic heterocycles. The highest BCUT2D eigenvalue weighted by molar-refractivity contribution is 7.99. The van der Waals surface area contributed by atoms with Crippen molar-refractivity contribution in [3.05, 3.63) is 0 Å². The van der Waals surface area contributed by atoms with Crippen molar-refractivity contribution >= 4 is 11.8 Å². The fraction of sp³-hybridized carbons (Fsp3) is 1.00. The summed E-state index contributed by atoms with van der Waals surface area (Å²) in [4.78, 5) is 0. The van der Waals surface area contributed by atoms with Crippen molar-refractivity contribution in [2.45, 2.75) is 45.6 Å². The van der Waals surface area contributed by atoms with Crippen LogP contribution >= 0.6 is 11.8 Å². The van der Waals surface area contributed by atoms with E-state index in [0.29, 0.717) is 0 Å². The number of unbranched alkanes of at least 4 members (excludes halogenated alkanes) is 1. The van der Waals surface area contributed by atoms with E-state index in [1.54, 1.807) is 0 Å². The minimum Gasteiger partial charge on any atom is -0.313 e. The zero-order chi connectivity index (χ0) is 9.52. The van der Waals surface area contributed by atoms with Gasteiger partial charge in [-0.05, 0) is 31.1 Å². The Labute approximate surface area is 87.1 Å². The quantitative estimate of drug-likeness (QED) is 0.709. The minimum absolute atomic E-state index is 0.816. The molecule has 1 heterocycles. The highest BCUT2D eigenvalue weighted by Gasteiger charge is 2.26. The third-order valence-electron chi connectivity index (χ3n) is 2.78. The lowest BCUT2D eigenvalue weighted by Crippen LogP contribution is -2.35. The van der Waals surface area contributed by atoms with Crippen molar-refractivity contribution in [2.24, 2.45) is 5.92 Å². The normalized spacial score (nSPS) is 28.2. The van der Waals surface area contributed by atoms with Gasteiger partial charge in [0.25, 0.3) is 0 Å². The highest BCUT2D eigenvalue weighted by Crippen LogP contribution is 2.28. The van der Waals surface area contributed by atoms with E-state index in [-0.39, 0.29) is 0 Å². The maximum absolute atomic E-state index is 3.67. The van der Waals surface area contributed by atoms with E-state index >= 15 is 0 Å². The third-order valence-corrected chi connectivity index (χ3v) is 4.04. The molecule has 1 aliphatic rings. The predicted molar refractivity (Wildman–Crippen MR) is 62.4 cm³/mol. The van der Waals surface area contributed by atoms with Gasteiger partial charge < -0.3 is 5.32 Å². The Morgan fingerprint density at radius 1 is 1.23 bits per heavy atom. The van der Waals surface area contributed by atoms with Crippen LogP contribution in [-0.4, -0.2) is 24.1 Å². The molecule has 1 saturated heterocycles. The van der Waals surface area contributed by atoms with Gasteiger partial charge in [0.05, 0.1) is 0 Å². The van der Waals surface area contributed by atoms with Crippen LogP contribution in [-0.2, 0) is 0 Å². The Morgan fingerprint density at radius 3 is 2.77 bits per heavy atom. The molecule has 1 N–H and O–H groups in total. The summed E-state index contributed by atoms with van der Waals surface area (Å²) in [6.07, 6.45) is 5.46. The Kier molecular flexibility index (Phi) is 5.88. The summed E-state index contributed by atoms with van der Waals surface area (Å²) in [7, 11) is 0. The molecule has 0 bridgehead atoms. The topological polar surface area (TPSA) is 12.0 Å². The predicted octanol–water partition coefficient (Wildman–Crippen LogP) is 2.91. The Morgan fingerprint density at radius 2 is 2.08 bits per heavy atom. The molecule has 78 valence electrons. The van der Waals surface area contributed by atoms with Crippen LogP contribution in [0.4, 0.5) is 0 Å². The monoisotopic (exact) mass is 201 g/mol. The van der Waals surface area contributed by atoms with Crippen LogP contribution in [0.2, 0.25) is 0 Å². The molecule has 0 aromatic rings. The molecule has 1 aliphatic heterocycles. The van der Waals surface area contributed by atoms with Gasteiger partial charge in [-0.25, -0.2) is 0 Å². The molecule has 2 atom stereocenters. The Balaban J connectivity index is 2.18. The molecule has 2 unspecified atom stereocenters. The summed E-state index contributed by atoms with van der Waals surface area (Å²) in [6, 6.07) is 0.816. The molecule has 2 heteroatoms. The first-order chi connectivity index (χ1) is 6.38. The van der Waals surface area contributed by atoms with E-state index in [1.165, 1.54) is 43.7 Å². The van der Waals surface area contributed by atoms with E-state index in [1.807, 2.05) is 0 Å². The fourth-order valence-corrected chi connectivity index (χ4v) is 3.39. The van der Waals surface area contributed by atoms with Gasteiger partial charge in [0, 0.05) is 11.8 Å². The zero-order valence-corrected chi connectivity index (χ0v) is 9.83. The number of nitrogens with one attached hydrogen (secondary N) is 1. The molecule has 0 aromatic carbocycles. The van der Waals surface area contributed by atoms with E-state index in [9.17, 15) is 0 Å². The first kappa shape index (κ1) is 11.4. The van der Waals surface area contributed by atoms with Crippen LogP contribution in [0.3, 0.4) is 0 Å². The molecule has 0 saturated carbocycles. The summed E-state index contributed by atoms with van der Waals surface area (Å²) < 4.78 is 0. The van der Waals surface area contributed by atoms with Gasteiger partial charge in [0.2, 0.25) is 0 Å². The zero-order valence-electron chi connectivity index (χ0n) is 9.01. The first-order valence-electron chi connectivity index (χ1n) is 5.69. The second-order valence-electron chi connectivity index (χ2n) is 4.00. The largest absolute Gasteiger partial charge is 0.313 e. The average molecular weight is 201 g/mol. The van der Waals surface area contributed by atoms with Gasteiger partial charge in [-0.1, -0.05) is 26.7 Å². The molecule has 0 amide bonds. The van der Waals surface area contributed by atoms with Gasteiger partial charge in [-0.2, -0.15) is 11.8 Å². The summed E-state index contributed by atoms with van der Waals surface area (Å²) in [5, 5.41) is 3.67. The maximum Gasteiger partial charge on any atom is 0.0194 e. The molecule has 1 rings (SSSR count). The van der Waals surface area contributed by atoms with Gasteiger partial charge in [0.1, 0.15) is 0 Å². The number of hydrogen-bond donors (Lipinski definition) is 1. The van der Waals surface area contributed by atoms with Crippen molar-refractivity contribution in [3.8, 4) is 0 Å². The maximum atomic E-state index is 3.67. The fourth-order valence-electron chi connectivity index (χ4n) is 1.90. The van der Waals surface area contributed by atoms with Crippen molar-refractivity contribution in [1.82, 2.24) is 5.32 Å². The van der Waals surface area contributed by atoms with E-state index < -0.39 is 0 Å². The van der Waals surface area contributed by atoms with Crippen LogP contribution < -0.4 is 5.32 Å². The first-order valence-corrected chi connectivity index (χ1v) is 6.85. The van der Waals surface area contributed by atoms with Crippen LogP contribution in [0, 0.1) is 5.92 Å². The van der Waals surface area contributed by atoms with Crippen LogP contribution in [0.25, 0.3) is 0 Å². The molecule has 13 heavy (non-hydrogen) atoms. The van der Waals surface area contributed by atoms with Gasteiger partial charge in [-0.15, -0.1) is 0 Å². The van der Waals surface area contributed by atoms with Gasteiger partial charge in [0.15, 0.2) is 0 Å². The van der Waals surface area contributed by atoms with E-state index in [0.717, 1.165) is 12.0 Å². The average Bonchev–Trinajstić information content (AvgIpc) is 2.59. The Bertz CT molecular complexity index is 113. The van der Waals surface area contributed by atoms with Crippen molar-refractivity contribution in [1.29, 1.82) is 0 Å². The van der Waals surface area contributed by atoms with Gasteiger partial charge >= 0.3 is 0 Å². The SMILES string of the molecule is CCCCC1CSCC1NCCC. The second-order valence-corrected chi connectivity index (χ2v) is 5.08. The number of rotatable bonds is 6. The van der Waals surface area contributed by atoms with Crippen molar-refractivity contribution in [2.75, 3.05) is 18.1 Å². The molecule has 1 nitrogen and oxygen atoms in total. The number of thioether (sulfide) groups is 1. The van der Waals surface area contributed by atoms with Crippen LogP contribution in [0.1, 0.15) is 39.5 Å². The molecule has 0 aliphatic carbocycles. The van der Waals surface area contributed by atoms with Crippen LogP contribution in [0.5, 0.6) is 0 Å². The number of hydrogen-bond acceptors (Lipinski definition) is 2. The molecule has 0 radical (unpaired) electrons. The lowest BCUT2D eigenvalue weighted by molar-refractivity contribution is 0.395. The van der Waals surface area contributed by atoms with Crippen molar-refractivity contribution in [3.63, 3.8) is 0 Å². The third kappa shape index (κ3) is 3.90. The standard InChI is InChI=1S/C11H23NS/c1-3-5-6-10-8-13-9-11(10)12-7-4-2/h10-12H,3-9H2,1-2H3. The summed E-state index contributed by atoms with van der Waals surface area (Å²) in [5.74, 6) is 3.69. The summed E-state index contributed by atoms with van der Waals surface area (Å²) >= 11 is 2.13. The highest BCUT2D eigenvalue weighted by atomic mass is 32.2. The second kappa shape index (κ2) is 6.72. The van der Waals surface area contributed by atoms with Crippen molar-refractivity contribution < 1.29 is 0 Å². The molecular weight excluding hydrogens is 178 g/mol. The van der Waals surface area contributed by atoms with E-state index in [2.05, 4.69) is 30.9 Å². The molecular formula is C11H23NS. The Hall–Kier alpha value is 0.310. The van der Waals surface area contributed by atoms with Crippen LogP contribution in [0.15, 0.2) is 0 Å². The minimum atomic E-state index is 0.816. The van der Waals surface area contributed by atoms with E-state index in [4.69, 9.17) is 0 Å². The molecule has 0 spiro atoms. The lowest BCUT2D eigenvalue weighted by Gasteiger charge is -2.19. The smallest absolute Gasteiger partial charge is 0.0194 e. The summed E-state index contributed by atoms with van der Waals surface area (Å²) in [6.45, 7) is 5.74. The van der Waals surface area contributed by atoms with Gasteiger partial charge in [-0.3, -0.25) is 0 Å². The lowest BCUT2D eigenvalue weighted by atomic mass is 9.97. The summed E-state index contributed by atoms with van der Waals surface area (Å²) in [5.41, 5.74) is 0.